The van der Waals surface area contributed by atoms with Crippen LogP contribution in [0.15, 0.2) is 6.07 Å². The Labute approximate surface area is 148 Å². The molecule has 2 aliphatic carbocycles. The van der Waals surface area contributed by atoms with Crippen molar-refractivity contribution < 1.29 is 23.7 Å². The lowest BCUT2D eigenvalue weighted by Crippen LogP contribution is -2.37. The van der Waals surface area contributed by atoms with Crippen LogP contribution in [0.5, 0.6) is 17.8 Å². The lowest BCUT2D eigenvalue weighted by Gasteiger charge is -2.24. The van der Waals surface area contributed by atoms with Gasteiger partial charge in [0.15, 0.2) is 0 Å². The summed E-state index contributed by atoms with van der Waals surface area (Å²) < 4.78 is 21.9. The summed E-state index contributed by atoms with van der Waals surface area (Å²) in [6.45, 7) is 6.46. The summed E-state index contributed by atoms with van der Waals surface area (Å²) >= 11 is 0. The van der Waals surface area contributed by atoms with Crippen molar-refractivity contribution in [3.05, 3.63) is 6.07 Å². The molecule has 0 aromatic carbocycles. The van der Waals surface area contributed by atoms with Crippen molar-refractivity contribution in [3.8, 4) is 17.8 Å². The maximum absolute atomic E-state index is 12.8. The second-order valence-electron chi connectivity index (χ2n) is 6.85. The number of hydrogen-bond donors (Lipinski definition) is 0. The molecule has 4 unspecified atom stereocenters. The molecule has 2 fully saturated rings. The third kappa shape index (κ3) is 2.43. The molecule has 1 aromatic rings. The average molecular weight is 350 g/mol. The van der Waals surface area contributed by atoms with Gasteiger partial charge in [-0.2, -0.15) is 9.97 Å². The number of aromatic nitrogens is 2. The Morgan fingerprint density at radius 3 is 2.36 bits per heavy atom. The summed E-state index contributed by atoms with van der Waals surface area (Å²) in [5, 5.41) is 0. The standard InChI is InChI=1S/C18H26N2O5/c1-6-11-17(3)9-8-12(18(11,17)15(21)24-7-2)25-16-19-13(22-4)10-14(20-16)23-5/h10-12H,6-9H2,1-5H3. The molecule has 2 aliphatic rings. The molecule has 1 aromatic heterocycles. The van der Waals surface area contributed by atoms with Gasteiger partial charge in [0.25, 0.3) is 0 Å². The van der Waals surface area contributed by atoms with Gasteiger partial charge in [-0.3, -0.25) is 4.79 Å². The van der Waals surface area contributed by atoms with Gasteiger partial charge < -0.3 is 18.9 Å². The molecule has 0 N–H and O–H groups in total. The Bertz CT molecular complexity index is 645. The SMILES string of the molecule is CCOC(=O)C12C(Oc3nc(OC)cc(OC)n3)CCC1(C)C2CC. The maximum atomic E-state index is 12.8. The zero-order valence-corrected chi connectivity index (χ0v) is 15.5. The number of fused-ring (bicyclic) bond motifs is 1. The molecule has 0 saturated heterocycles. The predicted octanol–water partition coefficient (Wildman–Crippen LogP) is 2.63. The van der Waals surface area contributed by atoms with E-state index in [1.807, 2.05) is 6.92 Å². The van der Waals surface area contributed by atoms with Crippen molar-refractivity contribution >= 4 is 5.97 Å². The molecule has 0 radical (unpaired) electrons. The Balaban J connectivity index is 1.91. The molecule has 2 saturated carbocycles. The van der Waals surface area contributed by atoms with Crippen LogP contribution in [0.1, 0.15) is 40.0 Å². The highest BCUT2D eigenvalue weighted by Crippen LogP contribution is 2.79. The number of rotatable bonds is 7. The molecule has 4 atom stereocenters. The minimum absolute atomic E-state index is 0.0817. The smallest absolute Gasteiger partial charge is 0.323 e. The molecule has 7 nitrogen and oxygen atoms in total. The van der Waals surface area contributed by atoms with E-state index in [1.54, 1.807) is 6.07 Å². The minimum Gasteiger partial charge on any atom is -0.481 e. The Kier molecular flexibility index (Phi) is 4.51. The molecule has 7 heteroatoms. The Morgan fingerprint density at radius 2 is 1.88 bits per heavy atom. The molecule has 25 heavy (non-hydrogen) atoms. The quantitative estimate of drug-likeness (QED) is 0.699. The molecular weight excluding hydrogens is 324 g/mol. The van der Waals surface area contributed by atoms with E-state index in [0.717, 1.165) is 19.3 Å². The number of nitrogens with zero attached hydrogens (tertiary/aromatic N) is 2. The summed E-state index contributed by atoms with van der Waals surface area (Å²) in [5.41, 5.74) is -0.695. The molecule has 1 heterocycles. The van der Waals surface area contributed by atoms with E-state index in [9.17, 15) is 4.79 Å². The Hall–Kier alpha value is -2.05. The van der Waals surface area contributed by atoms with Crippen LogP contribution < -0.4 is 14.2 Å². The summed E-state index contributed by atoms with van der Waals surface area (Å²) in [5.74, 6) is 0.804. The van der Waals surface area contributed by atoms with Crippen LogP contribution in [0.4, 0.5) is 0 Å². The fourth-order valence-corrected chi connectivity index (χ4v) is 4.90. The minimum atomic E-state index is -0.614. The van der Waals surface area contributed by atoms with E-state index >= 15 is 0 Å². The van der Waals surface area contributed by atoms with E-state index in [2.05, 4.69) is 23.8 Å². The van der Waals surface area contributed by atoms with E-state index < -0.39 is 5.41 Å². The van der Waals surface area contributed by atoms with Crippen molar-refractivity contribution in [2.24, 2.45) is 16.7 Å². The van der Waals surface area contributed by atoms with Crippen molar-refractivity contribution in [1.29, 1.82) is 0 Å². The van der Waals surface area contributed by atoms with Gasteiger partial charge in [-0.25, -0.2) is 0 Å². The second kappa shape index (κ2) is 6.35. The summed E-state index contributed by atoms with van der Waals surface area (Å²) in [6, 6.07) is 1.74. The zero-order chi connectivity index (χ0) is 18.2. The number of ether oxygens (including phenoxy) is 4. The first-order chi connectivity index (χ1) is 12.0. The monoisotopic (exact) mass is 350 g/mol. The van der Waals surface area contributed by atoms with Crippen LogP contribution in [-0.4, -0.2) is 42.9 Å². The highest BCUT2D eigenvalue weighted by atomic mass is 16.5. The van der Waals surface area contributed by atoms with Gasteiger partial charge in [0.05, 0.1) is 26.9 Å². The van der Waals surface area contributed by atoms with Crippen LogP contribution in [-0.2, 0) is 9.53 Å². The second-order valence-corrected chi connectivity index (χ2v) is 6.85. The average Bonchev–Trinajstić information content (AvgIpc) is 3.05. The first-order valence-electron chi connectivity index (χ1n) is 8.78. The third-order valence-corrected chi connectivity index (χ3v) is 5.96. The van der Waals surface area contributed by atoms with Crippen LogP contribution in [0.2, 0.25) is 0 Å². The van der Waals surface area contributed by atoms with Gasteiger partial charge in [-0.15, -0.1) is 0 Å². The summed E-state index contributed by atoms with van der Waals surface area (Å²) in [7, 11) is 3.04. The molecule has 3 rings (SSSR count). The van der Waals surface area contributed by atoms with Crippen molar-refractivity contribution in [1.82, 2.24) is 9.97 Å². The van der Waals surface area contributed by atoms with E-state index in [0.29, 0.717) is 18.4 Å². The molecular formula is C18H26N2O5. The largest absolute Gasteiger partial charge is 0.481 e. The van der Waals surface area contributed by atoms with Gasteiger partial charge in [0.2, 0.25) is 11.8 Å². The third-order valence-electron chi connectivity index (χ3n) is 5.96. The number of hydrogen-bond acceptors (Lipinski definition) is 7. The van der Waals surface area contributed by atoms with Gasteiger partial charge in [-0.05, 0) is 31.1 Å². The normalized spacial score (nSPS) is 32.7. The van der Waals surface area contributed by atoms with Crippen LogP contribution in [0, 0.1) is 16.7 Å². The highest BCUT2D eigenvalue weighted by molar-refractivity contribution is 5.84. The number of methoxy groups -OCH3 is 2. The molecule has 0 spiro atoms. The predicted molar refractivity (Wildman–Crippen MR) is 89.7 cm³/mol. The number of esters is 1. The van der Waals surface area contributed by atoms with Crippen LogP contribution in [0.25, 0.3) is 0 Å². The number of carbonyl (C=O) groups excluding carboxylic acids is 1. The van der Waals surface area contributed by atoms with E-state index in [-0.39, 0.29) is 29.4 Å². The van der Waals surface area contributed by atoms with Crippen molar-refractivity contribution in [2.45, 2.75) is 46.1 Å². The molecule has 138 valence electrons. The Morgan fingerprint density at radius 1 is 1.24 bits per heavy atom. The van der Waals surface area contributed by atoms with E-state index in [4.69, 9.17) is 18.9 Å². The maximum Gasteiger partial charge on any atom is 0.323 e. The lowest BCUT2D eigenvalue weighted by molar-refractivity contribution is -0.155. The highest BCUT2D eigenvalue weighted by Gasteiger charge is 2.84. The summed E-state index contributed by atoms with van der Waals surface area (Å²) in [4.78, 5) is 21.3. The fourth-order valence-electron chi connectivity index (χ4n) is 4.90. The first kappa shape index (κ1) is 17.8. The van der Waals surface area contributed by atoms with Crippen LogP contribution in [0.3, 0.4) is 0 Å². The molecule has 0 amide bonds. The zero-order valence-electron chi connectivity index (χ0n) is 15.5. The van der Waals surface area contributed by atoms with Gasteiger partial charge in [0, 0.05) is 0 Å². The first-order valence-corrected chi connectivity index (χ1v) is 8.78. The topological polar surface area (TPSA) is 79.8 Å². The van der Waals surface area contributed by atoms with Gasteiger partial charge in [0.1, 0.15) is 11.5 Å². The van der Waals surface area contributed by atoms with Crippen molar-refractivity contribution in [2.75, 3.05) is 20.8 Å². The van der Waals surface area contributed by atoms with Gasteiger partial charge in [-0.1, -0.05) is 20.3 Å². The van der Waals surface area contributed by atoms with Crippen LogP contribution >= 0.6 is 0 Å². The van der Waals surface area contributed by atoms with Gasteiger partial charge >= 0.3 is 12.0 Å². The molecule has 0 aliphatic heterocycles. The molecule has 0 bridgehead atoms. The van der Waals surface area contributed by atoms with E-state index in [1.165, 1.54) is 14.2 Å². The summed E-state index contributed by atoms with van der Waals surface area (Å²) in [6.07, 6.45) is 2.31. The fraction of sp³-hybridized carbons (Fsp3) is 0.722. The number of carbonyl (C=O) groups is 1. The lowest BCUT2D eigenvalue weighted by atomic mass is 9.94. The van der Waals surface area contributed by atoms with Crippen molar-refractivity contribution in [3.63, 3.8) is 0 Å².